The van der Waals surface area contributed by atoms with Gasteiger partial charge in [-0.1, -0.05) is 44.2 Å². The van der Waals surface area contributed by atoms with Crippen LogP contribution in [-0.2, 0) is 9.59 Å². The molecule has 82 valence electrons. The van der Waals surface area contributed by atoms with Crippen molar-refractivity contribution in [3.05, 3.63) is 35.9 Å². The molecule has 1 aromatic carbocycles. The average Bonchev–Trinajstić information content (AvgIpc) is 2.21. The molecule has 0 saturated carbocycles. The van der Waals surface area contributed by atoms with Crippen molar-refractivity contribution in [2.45, 2.75) is 33.6 Å². The van der Waals surface area contributed by atoms with Crippen LogP contribution in [0.5, 0.6) is 0 Å². The van der Waals surface area contributed by atoms with Crippen molar-refractivity contribution in [1.82, 2.24) is 0 Å². The summed E-state index contributed by atoms with van der Waals surface area (Å²) in [6, 6.07) is 9.12. The fourth-order valence-corrected chi connectivity index (χ4v) is 1.40. The molecule has 1 rings (SSSR count). The van der Waals surface area contributed by atoms with E-state index in [0.717, 1.165) is 5.56 Å². The van der Waals surface area contributed by atoms with Crippen LogP contribution >= 0.6 is 0 Å². The van der Waals surface area contributed by atoms with Gasteiger partial charge in [0.15, 0.2) is 0 Å². The van der Waals surface area contributed by atoms with E-state index in [4.69, 9.17) is 0 Å². The van der Waals surface area contributed by atoms with Gasteiger partial charge in [-0.05, 0) is 19.4 Å². The minimum Gasteiger partial charge on any atom is -0.299 e. The minimum atomic E-state index is -0.582. The van der Waals surface area contributed by atoms with Crippen molar-refractivity contribution in [3.63, 3.8) is 0 Å². The van der Waals surface area contributed by atoms with E-state index in [9.17, 15) is 9.59 Å². The van der Waals surface area contributed by atoms with Gasteiger partial charge < -0.3 is 0 Å². The standard InChI is InChI=1S/C11H12O2.C2H6/c1-8(12)11(9(2)13)10-6-4-3-5-7-10;1-2/h3-7,11H,1-2H3;1-2H3. The fraction of sp³-hybridized carbons (Fsp3) is 0.385. The van der Waals surface area contributed by atoms with Crippen molar-refractivity contribution < 1.29 is 9.59 Å². The third-order valence-electron chi connectivity index (χ3n) is 1.95. The molecule has 0 aliphatic carbocycles. The van der Waals surface area contributed by atoms with Crippen molar-refractivity contribution in [2.75, 3.05) is 0 Å². The first kappa shape index (κ1) is 13.6. The number of hydrogen-bond acceptors (Lipinski definition) is 2. The highest BCUT2D eigenvalue weighted by molar-refractivity contribution is 6.05. The predicted octanol–water partition coefficient (Wildman–Crippen LogP) is 2.97. The van der Waals surface area contributed by atoms with E-state index in [1.807, 2.05) is 32.0 Å². The lowest BCUT2D eigenvalue weighted by molar-refractivity contribution is -0.126. The van der Waals surface area contributed by atoms with Crippen LogP contribution < -0.4 is 0 Å². The Morgan fingerprint density at radius 2 is 1.33 bits per heavy atom. The summed E-state index contributed by atoms with van der Waals surface area (Å²) in [6.07, 6.45) is 0. The lowest BCUT2D eigenvalue weighted by Crippen LogP contribution is -2.16. The highest BCUT2D eigenvalue weighted by Gasteiger charge is 2.20. The number of hydrogen-bond donors (Lipinski definition) is 0. The zero-order chi connectivity index (χ0) is 11.8. The summed E-state index contributed by atoms with van der Waals surface area (Å²) in [7, 11) is 0. The average molecular weight is 206 g/mol. The molecule has 0 spiro atoms. The molecule has 0 fully saturated rings. The maximum Gasteiger partial charge on any atom is 0.144 e. The first-order chi connectivity index (χ1) is 7.13. The van der Waals surface area contributed by atoms with Gasteiger partial charge in [0.2, 0.25) is 0 Å². The number of rotatable bonds is 3. The number of carbonyl (C=O) groups excluding carboxylic acids is 2. The van der Waals surface area contributed by atoms with E-state index >= 15 is 0 Å². The quantitative estimate of drug-likeness (QED) is 0.712. The van der Waals surface area contributed by atoms with Crippen molar-refractivity contribution in [3.8, 4) is 0 Å². The minimum absolute atomic E-state index is 0.0984. The summed E-state index contributed by atoms with van der Waals surface area (Å²) in [5.41, 5.74) is 0.780. The predicted molar refractivity (Wildman–Crippen MR) is 61.9 cm³/mol. The fourth-order valence-electron chi connectivity index (χ4n) is 1.40. The number of Topliss-reactive ketones (excluding diaryl/α,β-unsaturated/α-hetero) is 2. The van der Waals surface area contributed by atoms with Crippen LogP contribution in [-0.4, -0.2) is 11.6 Å². The maximum atomic E-state index is 11.2. The van der Waals surface area contributed by atoms with Crippen LogP contribution in [0.2, 0.25) is 0 Å². The third kappa shape index (κ3) is 4.07. The summed E-state index contributed by atoms with van der Waals surface area (Å²) in [5.74, 6) is -0.779. The van der Waals surface area contributed by atoms with Crippen LogP contribution in [0, 0.1) is 0 Å². The molecular formula is C13H18O2. The number of ketones is 2. The van der Waals surface area contributed by atoms with Gasteiger partial charge in [0, 0.05) is 0 Å². The molecule has 0 unspecified atom stereocenters. The van der Waals surface area contributed by atoms with Gasteiger partial charge in [-0.25, -0.2) is 0 Å². The van der Waals surface area contributed by atoms with Gasteiger partial charge in [0.1, 0.15) is 17.5 Å². The molecule has 0 atom stereocenters. The molecule has 0 heterocycles. The van der Waals surface area contributed by atoms with Crippen LogP contribution in [0.15, 0.2) is 30.3 Å². The van der Waals surface area contributed by atoms with Crippen molar-refractivity contribution in [1.29, 1.82) is 0 Å². The lowest BCUT2D eigenvalue weighted by Gasteiger charge is -2.09. The highest BCUT2D eigenvalue weighted by Crippen LogP contribution is 2.17. The Morgan fingerprint density at radius 3 is 1.67 bits per heavy atom. The van der Waals surface area contributed by atoms with Crippen LogP contribution in [0.25, 0.3) is 0 Å². The van der Waals surface area contributed by atoms with E-state index in [2.05, 4.69) is 0 Å². The van der Waals surface area contributed by atoms with E-state index in [-0.39, 0.29) is 11.6 Å². The van der Waals surface area contributed by atoms with Crippen molar-refractivity contribution in [2.24, 2.45) is 0 Å². The zero-order valence-corrected chi connectivity index (χ0v) is 9.78. The van der Waals surface area contributed by atoms with Gasteiger partial charge in [-0.2, -0.15) is 0 Å². The van der Waals surface area contributed by atoms with E-state index in [1.165, 1.54) is 13.8 Å². The summed E-state index contributed by atoms with van der Waals surface area (Å²) >= 11 is 0. The van der Waals surface area contributed by atoms with Crippen LogP contribution in [0.3, 0.4) is 0 Å². The molecule has 0 bridgehead atoms. The molecule has 0 N–H and O–H groups in total. The molecule has 0 aromatic heterocycles. The van der Waals surface area contributed by atoms with E-state index in [1.54, 1.807) is 12.1 Å². The van der Waals surface area contributed by atoms with Gasteiger partial charge in [-0.3, -0.25) is 9.59 Å². The Kier molecular flexibility index (Phi) is 6.27. The van der Waals surface area contributed by atoms with Crippen LogP contribution in [0.1, 0.15) is 39.2 Å². The maximum absolute atomic E-state index is 11.2. The monoisotopic (exact) mass is 206 g/mol. The van der Waals surface area contributed by atoms with E-state index < -0.39 is 5.92 Å². The van der Waals surface area contributed by atoms with Crippen LogP contribution in [0.4, 0.5) is 0 Å². The Bertz CT molecular complexity index is 301. The highest BCUT2D eigenvalue weighted by atomic mass is 16.1. The molecule has 0 amide bonds. The largest absolute Gasteiger partial charge is 0.299 e. The summed E-state index contributed by atoms with van der Waals surface area (Å²) in [5, 5.41) is 0. The molecule has 0 saturated heterocycles. The lowest BCUT2D eigenvalue weighted by atomic mass is 9.92. The molecule has 2 heteroatoms. The van der Waals surface area contributed by atoms with E-state index in [0.29, 0.717) is 0 Å². The van der Waals surface area contributed by atoms with Gasteiger partial charge in [0.05, 0.1) is 0 Å². The van der Waals surface area contributed by atoms with Crippen molar-refractivity contribution >= 4 is 11.6 Å². The molecular weight excluding hydrogens is 188 g/mol. The second-order valence-electron chi connectivity index (χ2n) is 3.06. The van der Waals surface area contributed by atoms with Gasteiger partial charge >= 0.3 is 0 Å². The summed E-state index contributed by atoms with van der Waals surface area (Å²) < 4.78 is 0. The summed E-state index contributed by atoms with van der Waals surface area (Å²) in [6.45, 7) is 6.89. The SMILES string of the molecule is CC.CC(=O)C(C(C)=O)c1ccccc1. The smallest absolute Gasteiger partial charge is 0.144 e. The first-order valence-corrected chi connectivity index (χ1v) is 5.18. The number of benzene rings is 1. The second kappa shape index (κ2) is 6.93. The Balaban J connectivity index is 0.000000921. The summed E-state index contributed by atoms with van der Waals surface area (Å²) in [4.78, 5) is 22.3. The van der Waals surface area contributed by atoms with Gasteiger partial charge in [-0.15, -0.1) is 0 Å². The molecule has 0 aliphatic rings. The zero-order valence-electron chi connectivity index (χ0n) is 9.78. The Morgan fingerprint density at radius 1 is 0.933 bits per heavy atom. The van der Waals surface area contributed by atoms with Gasteiger partial charge in [0.25, 0.3) is 0 Å². The molecule has 0 aliphatic heterocycles. The third-order valence-corrected chi connectivity index (χ3v) is 1.95. The second-order valence-corrected chi connectivity index (χ2v) is 3.06. The Hall–Kier alpha value is -1.44. The molecule has 2 nitrogen and oxygen atoms in total. The normalized spacial score (nSPS) is 9.13. The topological polar surface area (TPSA) is 34.1 Å². The Labute approximate surface area is 91.3 Å². The molecule has 1 aromatic rings. The first-order valence-electron chi connectivity index (χ1n) is 5.18. The number of carbonyl (C=O) groups is 2. The molecule has 0 radical (unpaired) electrons. The molecule has 15 heavy (non-hydrogen) atoms.